The number of carbonyl (C=O) groups excluding carboxylic acids is 2. The van der Waals surface area contributed by atoms with Crippen LogP contribution in [0, 0.1) is 0 Å². The number of amides is 2. The summed E-state index contributed by atoms with van der Waals surface area (Å²) in [7, 11) is 1.60. The second-order valence-electron chi connectivity index (χ2n) is 7.81. The summed E-state index contributed by atoms with van der Waals surface area (Å²) in [5, 5.41) is 2.84. The van der Waals surface area contributed by atoms with Gasteiger partial charge in [-0.1, -0.05) is 23.9 Å². The molecule has 0 saturated carbocycles. The Morgan fingerprint density at radius 1 is 1.18 bits per heavy atom. The quantitative estimate of drug-likeness (QED) is 0.430. The van der Waals surface area contributed by atoms with Crippen LogP contribution < -0.4 is 10.2 Å². The summed E-state index contributed by atoms with van der Waals surface area (Å²) < 4.78 is 43.7. The minimum Gasteiger partial charge on any atom is -0.379 e. The minimum absolute atomic E-state index is 0.144. The molecule has 1 aliphatic rings. The molecule has 0 saturated heterocycles. The lowest BCUT2D eigenvalue weighted by Crippen LogP contribution is -2.31. The molecule has 0 radical (unpaired) electrons. The Labute approximate surface area is 195 Å². The first-order valence-electron chi connectivity index (χ1n) is 10.4. The van der Waals surface area contributed by atoms with E-state index >= 15 is 0 Å². The number of alkyl halides is 3. The molecule has 1 N–H and O–H groups in total. The summed E-state index contributed by atoms with van der Waals surface area (Å²) in [6.07, 6.45) is -2.01. The summed E-state index contributed by atoms with van der Waals surface area (Å²) in [5.41, 5.74) is 0.792. The molecular formula is C24H25F3N2O3S. The molecule has 0 aromatic heterocycles. The second kappa shape index (κ2) is 10.4. The molecule has 0 fully saturated rings. The molecule has 1 aliphatic heterocycles. The average Bonchev–Trinajstić information content (AvgIpc) is 2.76. The van der Waals surface area contributed by atoms with Gasteiger partial charge in [0.1, 0.15) is 0 Å². The number of hydrogen-bond donors (Lipinski definition) is 1. The standard InChI is InChI=1S/C24H25F3N2O3S/c1-15(2)32-12-4-11-28-22(30)17-7-10-20-19(14-17)29(3)23(31)21(33-20)13-16-5-8-18(9-6-16)24(25,26)27/h5-10,13-15H,4,11-12H2,1-3H3,(H,28,30)/b21-13-. The first-order valence-corrected chi connectivity index (χ1v) is 11.3. The van der Waals surface area contributed by atoms with Gasteiger partial charge in [0.25, 0.3) is 11.8 Å². The van der Waals surface area contributed by atoms with Crippen molar-refractivity contribution in [3.05, 3.63) is 64.1 Å². The Kier molecular flexibility index (Phi) is 7.86. The molecule has 2 amide bonds. The monoisotopic (exact) mass is 478 g/mol. The number of ether oxygens (including phenoxy) is 1. The topological polar surface area (TPSA) is 58.6 Å². The lowest BCUT2D eigenvalue weighted by Gasteiger charge is -2.27. The summed E-state index contributed by atoms with van der Waals surface area (Å²) in [6.45, 7) is 4.94. The molecule has 2 aromatic rings. The summed E-state index contributed by atoms with van der Waals surface area (Å²) in [4.78, 5) is 27.9. The molecule has 1 heterocycles. The summed E-state index contributed by atoms with van der Waals surface area (Å²) in [5.74, 6) is -0.532. The van der Waals surface area contributed by atoms with Crippen molar-refractivity contribution in [2.75, 3.05) is 25.1 Å². The third kappa shape index (κ3) is 6.39. The number of nitrogens with one attached hydrogen (secondary N) is 1. The van der Waals surface area contributed by atoms with Crippen LogP contribution in [0.1, 0.15) is 41.8 Å². The Bertz CT molecular complexity index is 1050. The number of carbonyl (C=O) groups is 2. The van der Waals surface area contributed by atoms with E-state index in [0.29, 0.717) is 41.3 Å². The maximum Gasteiger partial charge on any atom is 0.416 e. The third-order valence-corrected chi connectivity index (χ3v) is 5.99. The Balaban J connectivity index is 1.71. The van der Waals surface area contributed by atoms with Gasteiger partial charge in [0.05, 0.1) is 22.3 Å². The number of rotatable bonds is 7. The van der Waals surface area contributed by atoms with Gasteiger partial charge in [0, 0.05) is 30.7 Å². The molecular weight excluding hydrogens is 453 g/mol. The highest BCUT2D eigenvalue weighted by atomic mass is 32.2. The van der Waals surface area contributed by atoms with Crippen LogP contribution in [-0.4, -0.2) is 38.1 Å². The summed E-state index contributed by atoms with van der Waals surface area (Å²) in [6, 6.07) is 9.75. The van der Waals surface area contributed by atoms with E-state index in [1.807, 2.05) is 13.8 Å². The Hall–Kier alpha value is -2.78. The van der Waals surface area contributed by atoms with Gasteiger partial charge in [-0.2, -0.15) is 13.2 Å². The van der Waals surface area contributed by atoms with Crippen molar-refractivity contribution in [3.63, 3.8) is 0 Å². The molecule has 176 valence electrons. The molecule has 0 aliphatic carbocycles. The van der Waals surface area contributed by atoms with Crippen LogP contribution in [0.25, 0.3) is 6.08 Å². The van der Waals surface area contributed by atoms with Crippen LogP contribution >= 0.6 is 11.8 Å². The molecule has 0 bridgehead atoms. The number of likely N-dealkylation sites (N-methyl/N-ethyl adjacent to an activating group) is 1. The van der Waals surface area contributed by atoms with Crippen LogP contribution in [-0.2, 0) is 15.7 Å². The fourth-order valence-electron chi connectivity index (χ4n) is 3.15. The van der Waals surface area contributed by atoms with E-state index < -0.39 is 11.7 Å². The highest BCUT2D eigenvalue weighted by Crippen LogP contribution is 2.42. The van der Waals surface area contributed by atoms with Crippen molar-refractivity contribution >= 4 is 35.3 Å². The molecule has 0 atom stereocenters. The zero-order valence-electron chi connectivity index (χ0n) is 18.5. The first kappa shape index (κ1) is 24.9. The van der Waals surface area contributed by atoms with Gasteiger partial charge >= 0.3 is 6.18 Å². The van der Waals surface area contributed by atoms with E-state index in [-0.39, 0.29) is 17.9 Å². The maximum atomic E-state index is 12.8. The van der Waals surface area contributed by atoms with Gasteiger partial charge in [-0.05, 0) is 62.2 Å². The largest absolute Gasteiger partial charge is 0.416 e. The van der Waals surface area contributed by atoms with Crippen molar-refractivity contribution in [1.82, 2.24) is 5.32 Å². The fraction of sp³-hybridized carbons (Fsp3) is 0.333. The highest BCUT2D eigenvalue weighted by molar-refractivity contribution is 8.04. The number of fused-ring (bicyclic) bond motifs is 1. The van der Waals surface area contributed by atoms with Gasteiger partial charge in [0.2, 0.25) is 0 Å². The van der Waals surface area contributed by atoms with E-state index in [2.05, 4.69) is 5.32 Å². The van der Waals surface area contributed by atoms with Crippen molar-refractivity contribution in [3.8, 4) is 0 Å². The molecule has 5 nitrogen and oxygen atoms in total. The minimum atomic E-state index is -4.41. The number of nitrogens with zero attached hydrogens (tertiary/aromatic N) is 1. The molecule has 9 heteroatoms. The van der Waals surface area contributed by atoms with Crippen LogP contribution in [0.3, 0.4) is 0 Å². The molecule has 3 rings (SSSR count). The van der Waals surface area contributed by atoms with Crippen molar-refractivity contribution < 1.29 is 27.5 Å². The number of halogens is 3. The predicted octanol–water partition coefficient (Wildman–Crippen LogP) is 5.36. The van der Waals surface area contributed by atoms with E-state index in [1.54, 1.807) is 31.3 Å². The Morgan fingerprint density at radius 2 is 1.88 bits per heavy atom. The van der Waals surface area contributed by atoms with Gasteiger partial charge in [0.15, 0.2) is 0 Å². The fourth-order valence-corrected chi connectivity index (χ4v) is 4.24. The molecule has 0 spiro atoms. The maximum absolute atomic E-state index is 12.8. The van der Waals surface area contributed by atoms with Gasteiger partial charge in [-0.3, -0.25) is 9.59 Å². The normalized spacial score (nSPS) is 15.2. The van der Waals surface area contributed by atoms with Crippen LogP contribution in [0.15, 0.2) is 52.3 Å². The van der Waals surface area contributed by atoms with Gasteiger partial charge < -0.3 is 15.0 Å². The van der Waals surface area contributed by atoms with Gasteiger partial charge in [-0.15, -0.1) is 0 Å². The predicted molar refractivity (Wildman–Crippen MR) is 123 cm³/mol. The zero-order valence-corrected chi connectivity index (χ0v) is 19.3. The zero-order chi connectivity index (χ0) is 24.2. The van der Waals surface area contributed by atoms with Crippen molar-refractivity contribution in [2.45, 2.75) is 37.4 Å². The summed E-state index contributed by atoms with van der Waals surface area (Å²) >= 11 is 1.22. The molecule has 0 unspecified atom stereocenters. The Morgan fingerprint density at radius 3 is 2.52 bits per heavy atom. The molecule has 33 heavy (non-hydrogen) atoms. The van der Waals surface area contributed by atoms with Gasteiger partial charge in [-0.25, -0.2) is 0 Å². The number of anilines is 1. The lowest BCUT2D eigenvalue weighted by molar-refractivity contribution is -0.137. The van der Waals surface area contributed by atoms with Crippen LogP contribution in [0.5, 0.6) is 0 Å². The van der Waals surface area contributed by atoms with E-state index in [0.717, 1.165) is 17.0 Å². The van der Waals surface area contributed by atoms with E-state index in [4.69, 9.17) is 4.74 Å². The second-order valence-corrected chi connectivity index (χ2v) is 8.89. The number of thioether (sulfide) groups is 1. The number of benzene rings is 2. The van der Waals surface area contributed by atoms with E-state index in [1.165, 1.54) is 28.8 Å². The van der Waals surface area contributed by atoms with Crippen LogP contribution in [0.2, 0.25) is 0 Å². The lowest BCUT2D eigenvalue weighted by atomic mass is 10.1. The molecule has 2 aromatic carbocycles. The number of hydrogen-bond acceptors (Lipinski definition) is 4. The van der Waals surface area contributed by atoms with Crippen LogP contribution in [0.4, 0.5) is 18.9 Å². The third-order valence-electron chi connectivity index (χ3n) is 4.91. The van der Waals surface area contributed by atoms with Crippen molar-refractivity contribution in [1.29, 1.82) is 0 Å². The van der Waals surface area contributed by atoms with Crippen molar-refractivity contribution in [2.24, 2.45) is 0 Å². The SMILES string of the molecule is CC(C)OCCCNC(=O)c1ccc2c(c1)N(C)C(=O)/C(=C/c1ccc(C(F)(F)F)cc1)S2. The average molecular weight is 479 g/mol. The highest BCUT2D eigenvalue weighted by Gasteiger charge is 2.30. The first-order chi connectivity index (χ1) is 15.6. The smallest absolute Gasteiger partial charge is 0.379 e. The van der Waals surface area contributed by atoms with E-state index in [9.17, 15) is 22.8 Å².